The quantitative estimate of drug-likeness (QED) is 0.821. The summed E-state index contributed by atoms with van der Waals surface area (Å²) in [4.78, 5) is 14.7. The van der Waals surface area contributed by atoms with Crippen molar-refractivity contribution in [3.05, 3.63) is 29.8 Å². The zero-order valence-electron chi connectivity index (χ0n) is 15.3. The molecule has 2 aliphatic heterocycles. The van der Waals surface area contributed by atoms with Crippen LogP contribution in [0.5, 0.6) is 5.75 Å². The van der Waals surface area contributed by atoms with Crippen molar-refractivity contribution < 1.29 is 19.0 Å². The maximum atomic E-state index is 12.7. The van der Waals surface area contributed by atoms with E-state index in [0.717, 1.165) is 56.7 Å². The maximum absolute atomic E-state index is 12.7. The molecular weight excluding hydrogens is 318 g/mol. The van der Waals surface area contributed by atoms with Crippen LogP contribution in [0.15, 0.2) is 24.3 Å². The number of piperidine rings is 1. The number of para-hydroxylation sites is 1. The van der Waals surface area contributed by atoms with E-state index in [9.17, 15) is 4.79 Å². The first-order valence-corrected chi connectivity index (χ1v) is 9.33. The van der Waals surface area contributed by atoms with E-state index in [1.807, 2.05) is 36.1 Å². The minimum absolute atomic E-state index is 0.0276. The van der Waals surface area contributed by atoms with Crippen molar-refractivity contribution in [3.63, 3.8) is 0 Å². The SMILES string of the molecule is COc1ccccc1COC1CCN(C(=O)[C@H]2CCCO[C@H]2C)CC1. The molecule has 0 spiro atoms. The third kappa shape index (κ3) is 4.53. The maximum Gasteiger partial charge on any atom is 0.228 e. The summed E-state index contributed by atoms with van der Waals surface area (Å²) >= 11 is 0. The van der Waals surface area contributed by atoms with Gasteiger partial charge in [-0.15, -0.1) is 0 Å². The number of hydrogen-bond donors (Lipinski definition) is 0. The highest BCUT2D eigenvalue weighted by Gasteiger charge is 2.33. The first-order chi connectivity index (χ1) is 12.2. The van der Waals surface area contributed by atoms with Crippen molar-refractivity contribution in [1.29, 1.82) is 0 Å². The summed E-state index contributed by atoms with van der Waals surface area (Å²) < 4.78 is 17.1. The van der Waals surface area contributed by atoms with Crippen molar-refractivity contribution >= 4 is 5.91 Å². The number of amides is 1. The van der Waals surface area contributed by atoms with Crippen molar-refractivity contribution in [2.24, 2.45) is 5.92 Å². The lowest BCUT2D eigenvalue weighted by molar-refractivity contribution is -0.146. The molecule has 2 aliphatic rings. The molecule has 1 aromatic carbocycles. The summed E-state index contributed by atoms with van der Waals surface area (Å²) in [6.07, 6.45) is 3.96. The van der Waals surface area contributed by atoms with Crippen LogP contribution in [-0.2, 0) is 20.9 Å². The molecule has 2 saturated heterocycles. The lowest BCUT2D eigenvalue weighted by atomic mass is 9.93. The average molecular weight is 347 g/mol. The summed E-state index contributed by atoms with van der Waals surface area (Å²) in [5.74, 6) is 1.15. The first kappa shape index (κ1) is 18.2. The summed E-state index contributed by atoms with van der Waals surface area (Å²) in [5.41, 5.74) is 1.07. The molecular formula is C20H29NO4. The van der Waals surface area contributed by atoms with E-state index in [-0.39, 0.29) is 24.0 Å². The van der Waals surface area contributed by atoms with Crippen LogP contribution in [0.25, 0.3) is 0 Å². The van der Waals surface area contributed by atoms with E-state index in [4.69, 9.17) is 14.2 Å². The standard InChI is InChI=1S/C20H29NO4/c1-15-18(7-5-13-24-15)20(22)21-11-9-17(10-12-21)25-14-16-6-3-4-8-19(16)23-2/h3-4,6,8,15,17-18H,5,7,9-14H2,1-2H3/t15-,18-/m0/s1. The smallest absolute Gasteiger partial charge is 0.228 e. The number of nitrogens with zero attached hydrogens (tertiary/aromatic N) is 1. The number of carbonyl (C=O) groups is 1. The molecule has 5 nitrogen and oxygen atoms in total. The Morgan fingerprint density at radius 2 is 2.00 bits per heavy atom. The molecule has 0 N–H and O–H groups in total. The summed E-state index contributed by atoms with van der Waals surface area (Å²) in [6, 6.07) is 7.94. The number of hydrogen-bond acceptors (Lipinski definition) is 4. The Morgan fingerprint density at radius 3 is 2.72 bits per heavy atom. The predicted molar refractivity (Wildman–Crippen MR) is 95.5 cm³/mol. The fourth-order valence-corrected chi connectivity index (χ4v) is 3.75. The fourth-order valence-electron chi connectivity index (χ4n) is 3.75. The second kappa shape index (κ2) is 8.68. The van der Waals surface area contributed by atoms with E-state index < -0.39 is 0 Å². The number of benzene rings is 1. The third-order valence-electron chi connectivity index (χ3n) is 5.34. The Hall–Kier alpha value is -1.59. The summed E-state index contributed by atoms with van der Waals surface area (Å²) in [6.45, 7) is 4.90. The molecule has 0 aromatic heterocycles. The Morgan fingerprint density at radius 1 is 1.24 bits per heavy atom. The van der Waals surface area contributed by atoms with Gasteiger partial charge in [0.15, 0.2) is 0 Å². The predicted octanol–water partition coefficient (Wildman–Crippen LogP) is 3.02. The fraction of sp³-hybridized carbons (Fsp3) is 0.650. The van der Waals surface area contributed by atoms with Gasteiger partial charge in [0, 0.05) is 25.3 Å². The van der Waals surface area contributed by atoms with Crippen LogP contribution < -0.4 is 4.74 Å². The Labute approximate surface area is 150 Å². The van der Waals surface area contributed by atoms with Gasteiger partial charge in [-0.25, -0.2) is 0 Å². The van der Waals surface area contributed by atoms with Crippen LogP contribution in [0.3, 0.4) is 0 Å². The highest BCUT2D eigenvalue weighted by atomic mass is 16.5. The van der Waals surface area contributed by atoms with Gasteiger partial charge in [0.25, 0.3) is 0 Å². The van der Waals surface area contributed by atoms with Gasteiger partial charge in [-0.1, -0.05) is 18.2 Å². The number of likely N-dealkylation sites (tertiary alicyclic amines) is 1. The summed E-state index contributed by atoms with van der Waals surface area (Å²) in [7, 11) is 1.68. The molecule has 0 aliphatic carbocycles. The molecule has 2 fully saturated rings. The molecule has 1 aromatic rings. The topological polar surface area (TPSA) is 48.0 Å². The van der Waals surface area contributed by atoms with Gasteiger partial charge >= 0.3 is 0 Å². The third-order valence-corrected chi connectivity index (χ3v) is 5.34. The zero-order valence-corrected chi connectivity index (χ0v) is 15.3. The number of methoxy groups -OCH3 is 1. The van der Waals surface area contributed by atoms with Gasteiger partial charge in [-0.3, -0.25) is 4.79 Å². The van der Waals surface area contributed by atoms with Crippen molar-refractivity contribution in [3.8, 4) is 5.75 Å². The zero-order chi connectivity index (χ0) is 17.6. The highest BCUT2D eigenvalue weighted by molar-refractivity contribution is 5.79. The first-order valence-electron chi connectivity index (χ1n) is 9.33. The van der Waals surface area contributed by atoms with Crippen LogP contribution in [0.1, 0.15) is 38.2 Å². The minimum atomic E-state index is 0.0276. The van der Waals surface area contributed by atoms with E-state index in [2.05, 4.69) is 0 Å². The average Bonchev–Trinajstić information content (AvgIpc) is 2.67. The van der Waals surface area contributed by atoms with Crippen LogP contribution in [0, 0.1) is 5.92 Å². The Kier molecular flexibility index (Phi) is 6.32. The molecule has 2 heterocycles. The number of carbonyl (C=O) groups excluding carboxylic acids is 1. The van der Waals surface area contributed by atoms with Gasteiger partial charge in [0.05, 0.1) is 31.8 Å². The number of rotatable bonds is 5. The molecule has 2 atom stereocenters. The minimum Gasteiger partial charge on any atom is -0.496 e. The van der Waals surface area contributed by atoms with E-state index >= 15 is 0 Å². The van der Waals surface area contributed by atoms with Gasteiger partial charge < -0.3 is 19.1 Å². The van der Waals surface area contributed by atoms with Crippen LogP contribution in [0.4, 0.5) is 0 Å². The highest BCUT2D eigenvalue weighted by Crippen LogP contribution is 2.26. The molecule has 1 amide bonds. The molecule has 25 heavy (non-hydrogen) atoms. The monoisotopic (exact) mass is 347 g/mol. The molecule has 0 unspecified atom stereocenters. The van der Waals surface area contributed by atoms with Crippen LogP contribution in [-0.4, -0.2) is 49.8 Å². The molecule has 0 saturated carbocycles. The van der Waals surface area contributed by atoms with Gasteiger partial charge in [-0.2, -0.15) is 0 Å². The summed E-state index contributed by atoms with van der Waals surface area (Å²) in [5, 5.41) is 0. The van der Waals surface area contributed by atoms with E-state index in [0.29, 0.717) is 6.61 Å². The molecule has 0 radical (unpaired) electrons. The Bertz CT molecular complexity index is 569. The normalized spacial score (nSPS) is 25.0. The molecule has 3 rings (SSSR count). The lowest BCUT2D eigenvalue weighted by Gasteiger charge is -2.37. The second-order valence-corrected chi connectivity index (χ2v) is 6.97. The lowest BCUT2D eigenvalue weighted by Crippen LogP contribution is -2.47. The molecule has 5 heteroatoms. The van der Waals surface area contributed by atoms with E-state index in [1.165, 1.54) is 0 Å². The number of ether oxygens (including phenoxy) is 3. The van der Waals surface area contributed by atoms with E-state index in [1.54, 1.807) is 7.11 Å². The van der Waals surface area contributed by atoms with Gasteiger partial charge in [0.2, 0.25) is 5.91 Å². The van der Waals surface area contributed by atoms with Crippen molar-refractivity contribution in [2.75, 3.05) is 26.8 Å². The van der Waals surface area contributed by atoms with Crippen LogP contribution in [0.2, 0.25) is 0 Å². The second-order valence-electron chi connectivity index (χ2n) is 6.97. The molecule has 0 bridgehead atoms. The Balaban J connectivity index is 1.46. The van der Waals surface area contributed by atoms with Gasteiger partial charge in [-0.05, 0) is 38.7 Å². The largest absolute Gasteiger partial charge is 0.496 e. The molecule has 138 valence electrons. The van der Waals surface area contributed by atoms with Gasteiger partial charge in [0.1, 0.15) is 5.75 Å². The van der Waals surface area contributed by atoms with Crippen molar-refractivity contribution in [1.82, 2.24) is 4.90 Å². The van der Waals surface area contributed by atoms with Crippen molar-refractivity contribution in [2.45, 2.75) is 51.4 Å². The van der Waals surface area contributed by atoms with Crippen LogP contribution >= 0.6 is 0 Å².